The highest BCUT2D eigenvalue weighted by Crippen LogP contribution is 2.28. The predicted molar refractivity (Wildman–Crippen MR) is 78.5 cm³/mol. The van der Waals surface area contributed by atoms with E-state index in [-0.39, 0.29) is 11.9 Å². The molecule has 0 radical (unpaired) electrons. The third-order valence-electron chi connectivity index (χ3n) is 3.18. The fourth-order valence-corrected chi connectivity index (χ4v) is 2.57. The number of pyridine rings is 1. The fourth-order valence-electron chi connectivity index (χ4n) is 2.40. The fraction of sp³-hybridized carbons (Fsp3) is 0.214. The summed E-state index contributed by atoms with van der Waals surface area (Å²) in [4.78, 5) is 20.2. The maximum Gasteiger partial charge on any atom is 0.237 e. The highest BCUT2D eigenvalue weighted by molar-refractivity contribution is 6.20. The molecular weight excluding hydrogens is 276 g/mol. The number of carbonyl (C=O) groups excluding carboxylic acids is 1. The highest BCUT2D eigenvalue weighted by atomic mass is 35.5. The molecule has 1 aromatic carbocycles. The molecule has 1 amide bonds. The van der Waals surface area contributed by atoms with Gasteiger partial charge in [-0.25, -0.2) is 4.98 Å². The number of rotatable bonds is 3. The van der Waals surface area contributed by atoms with Crippen LogP contribution >= 0.6 is 11.6 Å². The summed E-state index contributed by atoms with van der Waals surface area (Å²) in [5, 5.41) is 0.614. The third-order valence-corrected chi connectivity index (χ3v) is 3.37. The van der Waals surface area contributed by atoms with Crippen molar-refractivity contribution in [2.75, 3.05) is 0 Å². The average molecular weight is 289 g/mol. The Hall–Kier alpha value is -2.14. The van der Waals surface area contributed by atoms with E-state index < -0.39 is 5.91 Å². The van der Waals surface area contributed by atoms with Gasteiger partial charge in [-0.1, -0.05) is 18.2 Å². The van der Waals surface area contributed by atoms with Crippen molar-refractivity contribution in [3.8, 4) is 0 Å². The van der Waals surface area contributed by atoms with E-state index in [0.29, 0.717) is 11.3 Å². The number of nitrogens with two attached hydrogens (primary N) is 1. The van der Waals surface area contributed by atoms with E-state index in [1.165, 1.54) is 0 Å². The standard InChI is InChI=1S/C14H13ClN4O/c1-8(15)14-18-11-6-17-10-5-3-2-4-9(10)13(11)19(14)7-12(16)20/h2-6,8H,7H2,1H3,(H2,16,20). The van der Waals surface area contributed by atoms with Crippen molar-refractivity contribution in [3.05, 3.63) is 36.3 Å². The zero-order valence-corrected chi connectivity index (χ0v) is 11.6. The number of benzene rings is 1. The van der Waals surface area contributed by atoms with Crippen molar-refractivity contribution in [2.24, 2.45) is 5.73 Å². The molecule has 0 saturated heterocycles. The molecule has 3 aromatic rings. The number of hydrogen-bond donors (Lipinski definition) is 1. The van der Waals surface area contributed by atoms with E-state index in [1.807, 2.05) is 31.2 Å². The Bertz CT molecular complexity index is 809. The van der Waals surface area contributed by atoms with Crippen molar-refractivity contribution >= 4 is 39.4 Å². The molecule has 0 aliphatic carbocycles. The number of para-hydroxylation sites is 1. The Morgan fingerprint density at radius 3 is 2.85 bits per heavy atom. The Kier molecular flexibility index (Phi) is 3.06. The summed E-state index contributed by atoms with van der Waals surface area (Å²) in [6.07, 6.45) is 1.69. The van der Waals surface area contributed by atoms with Crippen LogP contribution in [0.3, 0.4) is 0 Å². The number of primary amides is 1. The molecule has 6 heteroatoms. The van der Waals surface area contributed by atoms with Crippen molar-refractivity contribution in [2.45, 2.75) is 18.8 Å². The van der Waals surface area contributed by atoms with Gasteiger partial charge < -0.3 is 10.3 Å². The molecule has 2 aromatic heterocycles. The minimum Gasteiger partial charge on any atom is -0.368 e. The second-order valence-corrected chi connectivity index (χ2v) is 5.30. The van der Waals surface area contributed by atoms with Crippen LogP contribution in [0.2, 0.25) is 0 Å². The molecule has 2 heterocycles. The smallest absolute Gasteiger partial charge is 0.237 e. The van der Waals surface area contributed by atoms with Gasteiger partial charge in [0, 0.05) is 5.39 Å². The number of hydrogen-bond acceptors (Lipinski definition) is 3. The second-order valence-electron chi connectivity index (χ2n) is 4.65. The topological polar surface area (TPSA) is 73.8 Å². The largest absolute Gasteiger partial charge is 0.368 e. The molecule has 0 aliphatic heterocycles. The zero-order chi connectivity index (χ0) is 14.3. The van der Waals surface area contributed by atoms with E-state index in [2.05, 4.69) is 9.97 Å². The summed E-state index contributed by atoms with van der Waals surface area (Å²) in [6, 6.07) is 7.71. The van der Waals surface area contributed by atoms with Crippen molar-refractivity contribution in [3.63, 3.8) is 0 Å². The Balaban J connectivity index is 2.42. The van der Waals surface area contributed by atoms with Crippen LogP contribution in [0.4, 0.5) is 0 Å². The number of aromatic nitrogens is 3. The first-order valence-electron chi connectivity index (χ1n) is 6.24. The van der Waals surface area contributed by atoms with Crippen LogP contribution in [-0.2, 0) is 11.3 Å². The molecule has 0 spiro atoms. The van der Waals surface area contributed by atoms with E-state index in [0.717, 1.165) is 16.4 Å². The van der Waals surface area contributed by atoms with Crippen LogP contribution in [-0.4, -0.2) is 20.4 Å². The summed E-state index contributed by atoms with van der Waals surface area (Å²) in [6.45, 7) is 1.87. The van der Waals surface area contributed by atoms with E-state index in [4.69, 9.17) is 17.3 Å². The van der Waals surface area contributed by atoms with Crippen LogP contribution in [0.15, 0.2) is 30.5 Å². The summed E-state index contributed by atoms with van der Waals surface area (Å²) in [5.74, 6) is 0.197. The number of imidazole rings is 1. The lowest BCUT2D eigenvalue weighted by atomic mass is 10.2. The average Bonchev–Trinajstić information content (AvgIpc) is 2.77. The summed E-state index contributed by atoms with van der Waals surface area (Å²) in [5.41, 5.74) is 7.75. The molecule has 20 heavy (non-hydrogen) atoms. The molecule has 0 aliphatic rings. The lowest BCUT2D eigenvalue weighted by Gasteiger charge is -2.09. The monoisotopic (exact) mass is 288 g/mol. The first-order valence-corrected chi connectivity index (χ1v) is 6.68. The van der Waals surface area contributed by atoms with E-state index >= 15 is 0 Å². The van der Waals surface area contributed by atoms with E-state index in [9.17, 15) is 4.79 Å². The van der Waals surface area contributed by atoms with Gasteiger partial charge in [-0.05, 0) is 13.0 Å². The lowest BCUT2D eigenvalue weighted by Crippen LogP contribution is -2.20. The minimum atomic E-state index is -0.427. The summed E-state index contributed by atoms with van der Waals surface area (Å²) < 4.78 is 1.78. The normalized spacial score (nSPS) is 12.9. The molecule has 0 bridgehead atoms. The van der Waals surface area contributed by atoms with Gasteiger partial charge >= 0.3 is 0 Å². The van der Waals surface area contributed by atoms with Gasteiger partial charge in [0.25, 0.3) is 0 Å². The highest BCUT2D eigenvalue weighted by Gasteiger charge is 2.18. The summed E-state index contributed by atoms with van der Waals surface area (Å²) >= 11 is 6.16. The van der Waals surface area contributed by atoms with Gasteiger partial charge in [0.15, 0.2) is 0 Å². The third kappa shape index (κ3) is 2.00. The van der Waals surface area contributed by atoms with Crippen LogP contribution < -0.4 is 5.73 Å². The SMILES string of the molecule is CC(Cl)c1nc2cnc3ccccc3c2n1CC(N)=O. The maximum atomic E-state index is 11.3. The first kappa shape index (κ1) is 12.9. The van der Waals surface area contributed by atoms with Gasteiger partial charge in [-0.15, -0.1) is 11.6 Å². The Labute approximate surface area is 120 Å². The molecule has 3 rings (SSSR count). The van der Waals surface area contributed by atoms with Crippen molar-refractivity contribution < 1.29 is 4.79 Å². The number of nitrogens with zero attached hydrogens (tertiary/aromatic N) is 3. The second kappa shape index (κ2) is 4.76. The maximum absolute atomic E-state index is 11.3. The van der Waals surface area contributed by atoms with Crippen LogP contribution in [0.5, 0.6) is 0 Å². The Morgan fingerprint density at radius 2 is 2.15 bits per heavy atom. The number of carbonyl (C=O) groups is 1. The van der Waals surface area contributed by atoms with Gasteiger partial charge in [-0.3, -0.25) is 9.78 Å². The van der Waals surface area contributed by atoms with Crippen LogP contribution in [0.1, 0.15) is 18.1 Å². The van der Waals surface area contributed by atoms with E-state index in [1.54, 1.807) is 10.8 Å². The number of alkyl halides is 1. The van der Waals surface area contributed by atoms with Crippen LogP contribution in [0.25, 0.3) is 21.9 Å². The van der Waals surface area contributed by atoms with Gasteiger partial charge in [0.2, 0.25) is 5.91 Å². The van der Waals surface area contributed by atoms with Gasteiger partial charge in [-0.2, -0.15) is 0 Å². The number of amides is 1. The molecule has 1 unspecified atom stereocenters. The molecular formula is C14H13ClN4O. The van der Waals surface area contributed by atoms with Gasteiger partial charge in [0.05, 0.1) is 22.6 Å². The van der Waals surface area contributed by atoms with Crippen molar-refractivity contribution in [1.29, 1.82) is 0 Å². The molecule has 0 saturated carbocycles. The lowest BCUT2D eigenvalue weighted by molar-refractivity contribution is -0.118. The quantitative estimate of drug-likeness (QED) is 0.752. The molecule has 2 N–H and O–H groups in total. The minimum absolute atomic E-state index is 0.0525. The molecule has 0 fully saturated rings. The zero-order valence-electron chi connectivity index (χ0n) is 10.9. The van der Waals surface area contributed by atoms with Crippen LogP contribution in [0, 0.1) is 0 Å². The first-order chi connectivity index (χ1) is 9.58. The number of fused-ring (bicyclic) bond motifs is 3. The molecule has 5 nitrogen and oxygen atoms in total. The van der Waals surface area contributed by atoms with Crippen molar-refractivity contribution in [1.82, 2.24) is 14.5 Å². The molecule has 1 atom stereocenters. The predicted octanol–water partition coefficient (Wildman–Crippen LogP) is 2.37. The summed E-state index contributed by atoms with van der Waals surface area (Å²) in [7, 11) is 0. The Morgan fingerprint density at radius 1 is 1.40 bits per heavy atom. The molecule has 102 valence electrons. The number of halogens is 1. The van der Waals surface area contributed by atoms with Gasteiger partial charge in [0.1, 0.15) is 17.9 Å².